The molecule has 6 nitrogen and oxygen atoms in total. The number of quaternary nitrogens is 2. The van der Waals surface area contributed by atoms with Crippen LogP contribution in [0.1, 0.15) is 32.9 Å². The summed E-state index contributed by atoms with van der Waals surface area (Å²) in [5.74, 6) is 1.83. The molecule has 0 bridgehead atoms. The van der Waals surface area contributed by atoms with E-state index in [0.717, 1.165) is 61.2 Å². The van der Waals surface area contributed by atoms with E-state index in [2.05, 4.69) is 30.5 Å². The van der Waals surface area contributed by atoms with E-state index < -0.39 is 0 Å². The average Bonchev–Trinajstić information content (AvgIpc) is 2.98. The number of hydrogen-bond donors (Lipinski definition) is 2. The number of rotatable bonds is 7. The quantitative estimate of drug-likeness (QED) is 0.649. The third kappa shape index (κ3) is 4.65. The van der Waals surface area contributed by atoms with Crippen molar-refractivity contribution in [1.29, 1.82) is 0 Å². The molecule has 2 heterocycles. The Morgan fingerprint density at radius 3 is 2.10 bits per heavy atom. The lowest BCUT2D eigenvalue weighted by Gasteiger charge is -2.29. The summed E-state index contributed by atoms with van der Waals surface area (Å²) in [6, 6.07) is 6.18. The Balaban J connectivity index is 1.57. The van der Waals surface area contributed by atoms with Gasteiger partial charge in [0.05, 0.1) is 14.2 Å². The van der Waals surface area contributed by atoms with Gasteiger partial charge in [0.25, 0.3) is 0 Å². The summed E-state index contributed by atoms with van der Waals surface area (Å²) in [5, 5.41) is 0. The lowest BCUT2D eigenvalue weighted by molar-refractivity contribution is -1.01. The molecule has 1 aromatic carbocycles. The molecule has 0 radical (unpaired) electrons. The first-order valence-electron chi connectivity index (χ1n) is 10.4. The van der Waals surface area contributed by atoms with Crippen LogP contribution < -0.4 is 19.3 Å². The third-order valence-electron chi connectivity index (χ3n) is 6.43. The number of aryl methyl sites for hydroxylation is 2. The Morgan fingerprint density at radius 2 is 1.55 bits per heavy atom. The smallest absolute Gasteiger partial charge is 0.218 e. The Labute approximate surface area is 174 Å². The Bertz CT molecular complexity index is 880. The van der Waals surface area contributed by atoms with Gasteiger partial charge in [0.15, 0.2) is 11.5 Å². The summed E-state index contributed by atoms with van der Waals surface area (Å²) in [5.41, 5.74) is 5.62. The number of carbonyl (C=O) groups is 1. The van der Waals surface area contributed by atoms with E-state index >= 15 is 0 Å². The lowest BCUT2D eigenvalue weighted by Crippen LogP contribution is -3.27. The van der Waals surface area contributed by atoms with Gasteiger partial charge in [-0.25, -0.2) is 0 Å². The van der Waals surface area contributed by atoms with Gasteiger partial charge >= 0.3 is 0 Å². The second-order valence-electron chi connectivity index (χ2n) is 8.25. The summed E-state index contributed by atoms with van der Waals surface area (Å²) in [6.07, 6.45) is 0. The maximum atomic E-state index is 12.8. The van der Waals surface area contributed by atoms with E-state index in [1.807, 2.05) is 20.0 Å². The minimum Gasteiger partial charge on any atom is -0.493 e. The van der Waals surface area contributed by atoms with Crippen molar-refractivity contribution < 1.29 is 24.1 Å². The first-order valence-corrected chi connectivity index (χ1v) is 10.4. The number of benzene rings is 1. The molecule has 0 aliphatic carbocycles. The fraction of sp³-hybridized carbons (Fsp3) is 0.522. The van der Waals surface area contributed by atoms with Gasteiger partial charge in [-0.1, -0.05) is 0 Å². The molecule has 1 aliphatic rings. The Hall–Kier alpha value is -2.31. The number of nitrogens with one attached hydrogen (secondary N) is 2. The van der Waals surface area contributed by atoms with Gasteiger partial charge in [0.1, 0.15) is 39.3 Å². The van der Waals surface area contributed by atoms with Crippen LogP contribution in [-0.2, 0) is 13.6 Å². The number of ketones is 1. The molecule has 0 atom stereocenters. The molecular weight excluding hydrogens is 366 g/mol. The first kappa shape index (κ1) is 21.4. The molecular formula is C23H35N3O3+2. The summed E-state index contributed by atoms with van der Waals surface area (Å²) in [6.45, 7) is 12.0. The van der Waals surface area contributed by atoms with Crippen LogP contribution in [0.4, 0.5) is 0 Å². The van der Waals surface area contributed by atoms with Gasteiger partial charge in [-0.05, 0) is 44.5 Å². The third-order valence-corrected chi connectivity index (χ3v) is 6.43. The normalized spacial score (nSPS) is 19.2. The van der Waals surface area contributed by atoms with Crippen LogP contribution in [0.2, 0.25) is 0 Å². The van der Waals surface area contributed by atoms with Crippen LogP contribution in [-0.4, -0.2) is 57.3 Å². The maximum absolute atomic E-state index is 12.8. The van der Waals surface area contributed by atoms with E-state index in [4.69, 9.17) is 9.47 Å². The fourth-order valence-electron chi connectivity index (χ4n) is 4.25. The average molecular weight is 402 g/mol. The number of carbonyl (C=O) groups excluding carboxylic acids is 1. The van der Waals surface area contributed by atoms with Crippen molar-refractivity contribution in [2.45, 2.75) is 27.3 Å². The number of hydrogen-bond acceptors (Lipinski definition) is 3. The summed E-state index contributed by atoms with van der Waals surface area (Å²) in [7, 11) is 5.37. The lowest BCUT2D eigenvalue weighted by atomic mass is 10.1. The molecule has 1 aromatic heterocycles. The zero-order valence-electron chi connectivity index (χ0n) is 18.6. The van der Waals surface area contributed by atoms with Crippen molar-refractivity contribution in [3.63, 3.8) is 0 Å². The summed E-state index contributed by atoms with van der Waals surface area (Å²) >= 11 is 0. The molecule has 1 saturated heterocycles. The number of piperazine rings is 1. The van der Waals surface area contributed by atoms with Crippen molar-refractivity contribution >= 4 is 5.78 Å². The van der Waals surface area contributed by atoms with Gasteiger partial charge in [-0.2, -0.15) is 0 Å². The number of ether oxygens (including phenoxy) is 2. The Kier molecular flexibility index (Phi) is 6.65. The standard InChI is InChI=1S/C23H33N3O3/c1-16-11-22(28-5)23(29-6)13-19(16)14-25-7-9-26(10-8-25)15-21(27)20-12-17(2)24(4)18(20)3/h11-13H,7-10,14-15H2,1-6H3/p+2. The van der Waals surface area contributed by atoms with Gasteiger partial charge in [0, 0.05) is 29.6 Å². The van der Waals surface area contributed by atoms with Crippen molar-refractivity contribution in [2.75, 3.05) is 46.9 Å². The monoisotopic (exact) mass is 401 g/mol. The molecule has 2 aromatic rings. The molecule has 1 fully saturated rings. The first-order chi connectivity index (χ1) is 13.8. The number of aromatic nitrogens is 1. The molecule has 0 amide bonds. The van der Waals surface area contributed by atoms with Crippen molar-refractivity contribution in [1.82, 2.24) is 4.57 Å². The molecule has 29 heavy (non-hydrogen) atoms. The highest BCUT2D eigenvalue weighted by Crippen LogP contribution is 2.29. The number of methoxy groups -OCH3 is 2. The molecule has 2 N–H and O–H groups in total. The second-order valence-corrected chi connectivity index (χ2v) is 8.25. The SMILES string of the molecule is COc1cc(C)c(C[NH+]2CC[NH+](CC(=O)c3cc(C)n(C)c3C)CC2)cc1OC. The van der Waals surface area contributed by atoms with Crippen LogP contribution in [0.3, 0.4) is 0 Å². The fourth-order valence-corrected chi connectivity index (χ4v) is 4.25. The molecule has 0 unspecified atom stereocenters. The molecule has 6 heteroatoms. The van der Waals surface area contributed by atoms with Gasteiger partial charge in [0.2, 0.25) is 5.78 Å². The van der Waals surface area contributed by atoms with E-state index in [1.54, 1.807) is 19.1 Å². The van der Waals surface area contributed by atoms with Gasteiger partial charge in [-0.15, -0.1) is 0 Å². The van der Waals surface area contributed by atoms with E-state index in [1.165, 1.54) is 16.0 Å². The summed E-state index contributed by atoms with van der Waals surface area (Å²) < 4.78 is 13.0. The van der Waals surface area contributed by atoms with Crippen LogP contribution in [0.5, 0.6) is 11.5 Å². The summed E-state index contributed by atoms with van der Waals surface area (Å²) in [4.78, 5) is 15.7. The van der Waals surface area contributed by atoms with E-state index in [0.29, 0.717) is 6.54 Å². The van der Waals surface area contributed by atoms with Crippen molar-refractivity contribution in [2.24, 2.45) is 7.05 Å². The molecule has 158 valence electrons. The van der Waals surface area contributed by atoms with Crippen LogP contribution in [0.15, 0.2) is 18.2 Å². The second kappa shape index (κ2) is 9.01. The van der Waals surface area contributed by atoms with E-state index in [9.17, 15) is 4.79 Å². The van der Waals surface area contributed by atoms with E-state index in [-0.39, 0.29) is 5.78 Å². The van der Waals surface area contributed by atoms with Crippen molar-refractivity contribution in [3.8, 4) is 11.5 Å². The van der Waals surface area contributed by atoms with Crippen LogP contribution in [0.25, 0.3) is 0 Å². The van der Waals surface area contributed by atoms with Crippen LogP contribution in [0, 0.1) is 20.8 Å². The largest absolute Gasteiger partial charge is 0.493 e. The number of nitrogens with zero attached hydrogens (tertiary/aromatic N) is 1. The molecule has 0 spiro atoms. The highest BCUT2D eigenvalue weighted by atomic mass is 16.5. The highest BCUT2D eigenvalue weighted by molar-refractivity contribution is 5.98. The Morgan fingerprint density at radius 1 is 0.966 bits per heavy atom. The van der Waals surface area contributed by atoms with Crippen LogP contribution >= 0.6 is 0 Å². The van der Waals surface area contributed by atoms with Gasteiger partial charge < -0.3 is 23.8 Å². The zero-order valence-corrected chi connectivity index (χ0v) is 18.6. The van der Waals surface area contributed by atoms with Gasteiger partial charge in [-0.3, -0.25) is 4.79 Å². The highest BCUT2D eigenvalue weighted by Gasteiger charge is 2.27. The molecule has 3 rings (SSSR count). The van der Waals surface area contributed by atoms with Crippen molar-refractivity contribution in [3.05, 3.63) is 46.3 Å². The zero-order chi connectivity index (χ0) is 21.1. The molecule has 1 aliphatic heterocycles. The predicted molar refractivity (Wildman–Crippen MR) is 113 cm³/mol. The minimum absolute atomic E-state index is 0.264. The molecule has 0 saturated carbocycles. The minimum atomic E-state index is 0.264. The maximum Gasteiger partial charge on any atom is 0.218 e. The predicted octanol–water partition coefficient (Wildman–Crippen LogP) is 0.134. The number of Topliss-reactive ketones (excluding diaryl/α,β-unsaturated/α-hetero) is 1. The topological polar surface area (TPSA) is 49.3 Å².